The third kappa shape index (κ3) is 5.10. The quantitative estimate of drug-likeness (QED) is 0.752. The SMILES string of the molecule is CN(C)CCCNC(=O)c1cccc(CC2N=NC(=O)C3=C2CCCC3)c1. The van der Waals surface area contributed by atoms with E-state index in [4.69, 9.17) is 0 Å². The van der Waals surface area contributed by atoms with Crippen LogP contribution in [0.4, 0.5) is 0 Å². The lowest BCUT2D eigenvalue weighted by atomic mass is 9.84. The number of hydrogen-bond acceptors (Lipinski definition) is 4. The van der Waals surface area contributed by atoms with Crippen LogP contribution in [-0.4, -0.2) is 49.9 Å². The van der Waals surface area contributed by atoms with E-state index in [0.29, 0.717) is 18.5 Å². The lowest BCUT2D eigenvalue weighted by molar-refractivity contribution is -0.115. The Balaban J connectivity index is 1.64. The average Bonchev–Trinajstić information content (AvgIpc) is 2.67. The van der Waals surface area contributed by atoms with E-state index in [-0.39, 0.29) is 17.9 Å². The first-order valence-corrected chi connectivity index (χ1v) is 9.73. The summed E-state index contributed by atoms with van der Waals surface area (Å²) in [6, 6.07) is 7.61. The van der Waals surface area contributed by atoms with Crippen molar-refractivity contribution in [1.29, 1.82) is 0 Å². The smallest absolute Gasteiger partial charge is 0.291 e. The van der Waals surface area contributed by atoms with Gasteiger partial charge in [0.15, 0.2) is 0 Å². The Labute approximate surface area is 160 Å². The fourth-order valence-corrected chi connectivity index (χ4v) is 3.72. The third-order valence-corrected chi connectivity index (χ3v) is 5.14. The fraction of sp³-hybridized carbons (Fsp3) is 0.524. The van der Waals surface area contributed by atoms with Crippen molar-refractivity contribution in [3.63, 3.8) is 0 Å². The summed E-state index contributed by atoms with van der Waals surface area (Å²) in [6.45, 7) is 1.61. The van der Waals surface area contributed by atoms with Crippen molar-refractivity contribution >= 4 is 11.8 Å². The molecule has 1 atom stereocenters. The van der Waals surface area contributed by atoms with Crippen LogP contribution >= 0.6 is 0 Å². The van der Waals surface area contributed by atoms with Crippen molar-refractivity contribution < 1.29 is 9.59 Å². The zero-order chi connectivity index (χ0) is 19.2. The number of rotatable bonds is 7. The Bertz CT molecular complexity index is 767. The fourth-order valence-electron chi connectivity index (χ4n) is 3.72. The number of nitrogens with one attached hydrogen (secondary N) is 1. The molecule has 6 heteroatoms. The summed E-state index contributed by atoms with van der Waals surface area (Å²) in [5.74, 6) is -0.208. The normalized spacial score (nSPS) is 19.4. The summed E-state index contributed by atoms with van der Waals surface area (Å²) < 4.78 is 0. The van der Waals surface area contributed by atoms with E-state index < -0.39 is 0 Å². The second kappa shape index (κ2) is 9.04. The first-order chi connectivity index (χ1) is 13.0. The van der Waals surface area contributed by atoms with Crippen LogP contribution in [0.5, 0.6) is 0 Å². The van der Waals surface area contributed by atoms with E-state index in [2.05, 4.69) is 20.4 Å². The second-order valence-corrected chi connectivity index (χ2v) is 7.56. The van der Waals surface area contributed by atoms with Crippen molar-refractivity contribution in [1.82, 2.24) is 10.2 Å². The van der Waals surface area contributed by atoms with E-state index in [1.807, 2.05) is 38.4 Å². The summed E-state index contributed by atoms with van der Waals surface area (Å²) in [6.07, 6.45) is 5.50. The Morgan fingerprint density at radius 3 is 2.89 bits per heavy atom. The number of benzene rings is 1. The van der Waals surface area contributed by atoms with Gasteiger partial charge in [0.2, 0.25) is 0 Å². The predicted octanol–water partition coefficient (Wildman–Crippen LogP) is 3.14. The number of nitrogens with zero attached hydrogens (tertiary/aromatic N) is 3. The van der Waals surface area contributed by atoms with Gasteiger partial charge in [0.1, 0.15) is 0 Å². The maximum atomic E-state index is 12.4. The molecule has 0 fully saturated rings. The van der Waals surface area contributed by atoms with Gasteiger partial charge in [0.25, 0.3) is 11.8 Å². The van der Waals surface area contributed by atoms with E-state index >= 15 is 0 Å². The third-order valence-electron chi connectivity index (χ3n) is 5.14. The molecule has 1 aromatic carbocycles. The van der Waals surface area contributed by atoms with E-state index in [1.54, 1.807) is 0 Å². The van der Waals surface area contributed by atoms with Gasteiger partial charge in [0, 0.05) is 24.1 Å². The molecule has 0 spiro atoms. The van der Waals surface area contributed by atoms with Gasteiger partial charge in [-0.25, -0.2) is 0 Å². The van der Waals surface area contributed by atoms with Crippen molar-refractivity contribution in [3.05, 3.63) is 46.5 Å². The lowest BCUT2D eigenvalue weighted by Crippen LogP contribution is -2.27. The van der Waals surface area contributed by atoms with Crippen LogP contribution in [0, 0.1) is 0 Å². The highest BCUT2D eigenvalue weighted by atomic mass is 16.2. The minimum Gasteiger partial charge on any atom is -0.352 e. The number of hydrogen-bond donors (Lipinski definition) is 1. The molecule has 2 amide bonds. The first-order valence-electron chi connectivity index (χ1n) is 9.73. The molecule has 0 saturated carbocycles. The molecule has 1 aliphatic heterocycles. The van der Waals surface area contributed by atoms with Gasteiger partial charge in [-0.2, -0.15) is 5.11 Å². The first kappa shape index (κ1) is 19.4. The van der Waals surface area contributed by atoms with Crippen molar-refractivity contribution in [3.8, 4) is 0 Å². The molecule has 1 aromatic rings. The summed E-state index contributed by atoms with van der Waals surface area (Å²) in [5, 5.41) is 11.1. The van der Waals surface area contributed by atoms with Gasteiger partial charge < -0.3 is 10.2 Å². The maximum Gasteiger partial charge on any atom is 0.291 e. The second-order valence-electron chi connectivity index (χ2n) is 7.56. The molecule has 6 nitrogen and oxygen atoms in total. The van der Waals surface area contributed by atoms with Crippen molar-refractivity contribution in [2.75, 3.05) is 27.2 Å². The Morgan fingerprint density at radius 2 is 2.07 bits per heavy atom. The van der Waals surface area contributed by atoms with Crippen molar-refractivity contribution in [2.24, 2.45) is 10.2 Å². The minimum absolute atomic E-state index is 0.0476. The van der Waals surface area contributed by atoms with Crippen LogP contribution in [-0.2, 0) is 11.2 Å². The Kier molecular flexibility index (Phi) is 6.50. The lowest BCUT2D eigenvalue weighted by Gasteiger charge is -2.25. The van der Waals surface area contributed by atoms with Gasteiger partial charge in [-0.1, -0.05) is 12.1 Å². The maximum absolute atomic E-state index is 12.4. The Hall–Kier alpha value is -2.34. The molecule has 1 aliphatic carbocycles. The highest BCUT2D eigenvalue weighted by molar-refractivity contribution is 5.96. The van der Waals surface area contributed by atoms with Crippen LogP contribution in [0.15, 0.2) is 45.6 Å². The summed E-state index contributed by atoms with van der Waals surface area (Å²) >= 11 is 0. The molecule has 2 aliphatic rings. The highest BCUT2D eigenvalue weighted by Gasteiger charge is 2.28. The van der Waals surface area contributed by atoms with Crippen LogP contribution in [0.2, 0.25) is 0 Å². The molecule has 3 rings (SSSR count). The van der Waals surface area contributed by atoms with Gasteiger partial charge in [0.05, 0.1) is 6.04 Å². The van der Waals surface area contributed by atoms with Gasteiger partial charge in [-0.3, -0.25) is 9.59 Å². The monoisotopic (exact) mass is 368 g/mol. The molecule has 0 bridgehead atoms. The summed E-state index contributed by atoms with van der Waals surface area (Å²) in [7, 11) is 4.04. The van der Waals surface area contributed by atoms with Crippen LogP contribution in [0.25, 0.3) is 0 Å². The molecular formula is C21H28N4O2. The van der Waals surface area contributed by atoms with Crippen LogP contribution in [0.3, 0.4) is 0 Å². The minimum atomic E-state index is -0.160. The zero-order valence-corrected chi connectivity index (χ0v) is 16.2. The number of carbonyl (C=O) groups excluding carboxylic acids is 2. The molecule has 1 heterocycles. The van der Waals surface area contributed by atoms with Gasteiger partial charge in [-0.05, 0) is 76.0 Å². The molecule has 144 valence electrons. The zero-order valence-electron chi connectivity index (χ0n) is 16.2. The van der Waals surface area contributed by atoms with Crippen LogP contribution in [0.1, 0.15) is 48.0 Å². The van der Waals surface area contributed by atoms with E-state index in [9.17, 15) is 9.59 Å². The number of azo groups is 1. The summed E-state index contributed by atoms with van der Waals surface area (Å²) in [5.41, 5.74) is 3.74. The predicted molar refractivity (Wildman–Crippen MR) is 105 cm³/mol. The molecule has 0 saturated heterocycles. The van der Waals surface area contributed by atoms with Gasteiger partial charge in [-0.15, -0.1) is 5.11 Å². The average molecular weight is 368 g/mol. The molecular weight excluding hydrogens is 340 g/mol. The van der Waals surface area contributed by atoms with Crippen LogP contribution < -0.4 is 5.32 Å². The Morgan fingerprint density at radius 1 is 1.26 bits per heavy atom. The number of amides is 2. The molecule has 0 aromatic heterocycles. The van der Waals surface area contributed by atoms with Gasteiger partial charge >= 0.3 is 0 Å². The van der Waals surface area contributed by atoms with E-state index in [1.165, 1.54) is 0 Å². The van der Waals surface area contributed by atoms with E-state index in [0.717, 1.165) is 55.4 Å². The van der Waals surface area contributed by atoms with Crippen molar-refractivity contribution in [2.45, 2.75) is 44.6 Å². The number of carbonyl (C=O) groups is 2. The molecule has 0 radical (unpaired) electrons. The molecule has 1 unspecified atom stereocenters. The topological polar surface area (TPSA) is 74.1 Å². The molecule has 27 heavy (non-hydrogen) atoms. The molecule has 1 N–H and O–H groups in total. The largest absolute Gasteiger partial charge is 0.352 e. The summed E-state index contributed by atoms with van der Waals surface area (Å²) in [4.78, 5) is 26.4. The highest BCUT2D eigenvalue weighted by Crippen LogP contribution is 2.33. The standard InChI is InChI=1S/C21H28N4O2/c1-25(2)12-6-11-22-20(26)16-8-5-7-15(13-16)14-19-17-9-3-4-10-18(17)21(27)24-23-19/h5,7-8,13,19H,3-4,6,9-12,14H2,1-2H3,(H,22,26).